The molecule has 4 heteroatoms. The van der Waals surface area contributed by atoms with Crippen molar-refractivity contribution in [2.45, 2.75) is 276 Å². The summed E-state index contributed by atoms with van der Waals surface area (Å²) >= 11 is 0. The van der Waals surface area contributed by atoms with Gasteiger partial charge < -0.3 is 15.5 Å². The van der Waals surface area contributed by atoms with Crippen LogP contribution < -0.4 is 5.32 Å². The van der Waals surface area contributed by atoms with Crippen molar-refractivity contribution in [1.82, 2.24) is 5.32 Å². The van der Waals surface area contributed by atoms with Crippen molar-refractivity contribution < 1.29 is 15.0 Å². The average molecular weight is 746 g/mol. The fourth-order valence-corrected chi connectivity index (χ4v) is 7.48. The number of carbonyl (C=O) groups is 1. The fraction of sp³-hybridized carbons (Fsp3) is 0.898. The van der Waals surface area contributed by atoms with E-state index in [0.717, 1.165) is 38.5 Å². The molecule has 0 spiro atoms. The highest BCUT2D eigenvalue weighted by Crippen LogP contribution is 2.17. The lowest BCUT2D eigenvalue weighted by atomic mass is 10.0. The summed E-state index contributed by atoms with van der Waals surface area (Å²) in [5.41, 5.74) is 0. The Hall–Kier alpha value is -1.13. The molecule has 0 heterocycles. The van der Waals surface area contributed by atoms with E-state index in [1.165, 1.54) is 205 Å². The Kier molecular flexibility index (Phi) is 44.3. The van der Waals surface area contributed by atoms with Gasteiger partial charge in [0.2, 0.25) is 5.91 Å². The van der Waals surface area contributed by atoms with E-state index in [-0.39, 0.29) is 12.5 Å². The molecule has 3 N–H and O–H groups in total. The molecule has 0 aromatic heterocycles. The number of hydrogen-bond acceptors (Lipinski definition) is 3. The molecule has 53 heavy (non-hydrogen) atoms. The van der Waals surface area contributed by atoms with Gasteiger partial charge in [0.05, 0.1) is 18.8 Å². The van der Waals surface area contributed by atoms with E-state index in [2.05, 4.69) is 31.3 Å². The van der Waals surface area contributed by atoms with E-state index in [9.17, 15) is 15.0 Å². The lowest BCUT2D eigenvalue weighted by Crippen LogP contribution is -2.45. The predicted molar refractivity (Wildman–Crippen MR) is 235 cm³/mol. The van der Waals surface area contributed by atoms with E-state index in [0.29, 0.717) is 6.42 Å². The van der Waals surface area contributed by atoms with Crippen LogP contribution in [-0.2, 0) is 4.79 Å². The highest BCUT2D eigenvalue weighted by molar-refractivity contribution is 5.76. The van der Waals surface area contributed by atoms with Gasteiger partial charge in [-0.15, -0.1) is 0 Å². The Morgan fingerprint density at radius 2 is 0.755 bits per heavy atom. The molecule has 0 rings (SSSR count). The van der Waals surface area contributed by atoms with Gasteiger partial charge >= 0.3 is 0 Å². The Bertz CT molecular complexity index is 765. The predicted octanol–water partition coefficient (Wildman–Crippen LogP) is 15.2. The van der Waals surface area contributed by atoms with Gasteiger partial charge in [-0.3, -0.25) is 4.79 Å². The van der Waals surface area contributed by atoms with E-state index >= 15 is 0 Å². The van der Waals surface area contributed by atoms with Crippen molar-refractivity contribution in [1.29, 1.82) is 0 Å². The molecule has 0 aromatic rings. The van der Waals surface area contributed by atoms with Gasteiger partial charge in [0.15, 0.2) is 0 Å². The van der Waals surface area contributed by atoms with Crippen LogP contribution in [0.15, 0.2) is 24.3 Å². The molecule has 4 nitrogen and oxygen atoms in total. The maximum atomic E-state index is 12.3. The molecule has 2 atom stereocenters. The maximum absolute atomic E-state index is 12.3. The number of aliphatic hydroxyl groups is 2. The van der Waals surface area contributed by atoms with Crippen molar-refractivity contribution in [3.63, 3.8) is 0 Å². The number of nitrogens with one attached hydrogen (secondary N) is 1. The molecule has 0 aliphatic rings. The number of aliphatic hydroxyl groups excluding tert-OH is 2. The maximum Gasteiger partial charge on any atom is 0.220 e. The normalized spacial score (nSPS) is 13.1. The fourth-order valence-electron chi connectivity index (χ4n) is 7.48. The monoisotopic (exact) mass is 746 g/mol. The molecule has 314 valence electrons. The molecule has 0 fully saturated rings. The molecule has 0 bridgehead atoms. The topological polar surface area (TPSA) is 69.6 Å². The molecule has 0 saturated heterocycles. The third kappa shape index (κ3) is 41.9. The van der Waals surface area contributed by atoms with Gasteiger partial charge in [-0.1, -0.05) is 244 Å². The van der Waals surface area contributed by atoms with Gasteiger partial charge in [-0.25, -0.2) is 0 Å². The van der Waals surface area contributed by atoms with Crippen LogP contribution in [-0.4, -0.2) is 34.9 Å². The van der Waals surface area contributed by atoms with Gasteiger partial charge in [0.25, 0.3) is 0 Å². The van der Waals surface area contributed by atoms with Crippen LogP contribution in [0.1, 0.15) is 264 Å². The Balaban J connectivity index is 3.41. The molecule has 2 unspecified atom stereocenters. The van der Waals surface area contributed by atoms with Crippen LogP contribution in [0.25, 0.3) is 0 Å². The molecular formula is C49H95NO3. The first-order chi connectivity index (χ1) is 26.2. The summed E-state index contributed by atoms with van der Waals surface area (Å²) in [7, 11) is 0. The summed E-state index contributed by atoms with van der Waals surface area (Å²) in [5, 5.41) is 23.0. The van der Waals surface area contributed by atoms with Crippen molar-refractivity contribution in [3.8, 4) is 0 Å². The summed E-state index contributed by atoms with van der Waals surface area (Å²) in [6.45, 7) is 4.25. The highest BCUT2D eigenvalue weighted by Gasteiger charge is 2.17. The van der Waals surface area contributed by atoms with Crippen LogP contribution in [0.5, 0.6) is 0 Å². The molecule has 0 radical (unpaired) electrons. The summed E-state index contributed by atoms with van der Waals surface area (Å²) in [6.07, 6.45) is 59.0. The first kappa shape index (κ1) is 51.9. The Morgan fingerprint density at radius 3 is 1.11 bits per heavy atom. The quantitative estimate of drug-likeness (QED) is 0.0430. The molecule has 0 aliphatic carbocycles. The van der Waals surface area contributed by atoms with Gasteiger partial charge in [-0.05, 0) is 38.5 Å². The molecular weight excluding hydrogens is 651 g/mol. The van der Waals surface area contributed by atoms with Crippen molar-refractivity contribution in [2.75, 3.05) is 6.61 Å². The molecule has 0 aromatic carbocycles. The van der Waals surface area contributed by atoms with Crippen LogP contribution in [0.2, 0.25) is 0 Å². The van der Waals surface area contributed by atoms with Crippen molar-refractivity contribution in [2.24, 2.45) is 0 Å². The number of allylic oxidation sites excluding steroid dienone is 3. The first-order valence-corrected chi connectivity index (χ1v) is 24.1. The largest absolute Gasteiger partial charge is 0.394 e. The van der Waals surface area contributed by atoms with Crippen LogP contribution >= 0.6 is 0 Å². The smallest absolute Gasteiger partial charge is 0.220 e. The zero-order valence-electron chi connectivity index (χ0n) is 36.1. The first-order valence-electron chi connectivity index (χ1n) is 24.1. The number of carbonyl (C=O) groups excluding carboxylic acids is 1. The zero-order valence-corrected chi connectivity index (χ0v) is 36.1. The summed E-state index contributed by atoms with van der Waals surface area (Å²) in [6, 6.07) is -0.623. The van der Waals surface area contributed by atoms with Crippen molar-refractivity contribution >= 4 is 5.91 Å². The lowest BCUT2D eigenvalue weighted by molar-refractivity contribution is -0.123. The lowest BCUT2D eigenvalue weighted by Gasteiger charge is -2.20. The SMILES string of the molecule is CCC/C=C\CCCCCCCC(=O)NC(CO)C(O)/C=C/CCCCCCCCCCCCCCCCCCCCCCCCCCCCCCC. The Labute approximate surface area is 332 Å². The summed E-state index contributed by atoms with van der Waals surface area (Å²) in [5.74, 6) is -0.0742. The second-order valence-electron chi connectivity index (χ2n) is 16.5. The standard InChI is InChI=1S/C49H95NO3/c1-3-5-7-9-11-13-15-16-17-18-19-20-21-22-23-24-25-26-27-28-29-30-31-32-33-34-35-36-38-40-42-44-48(52)47(46-51)50-49(53)45-43-41-39-37-14-12-10-8-6-4-2/h8,10,42,44,47-48,51-52H,3-7,9,11-41,43,45-46H2,1-2H3,(H,50,53)/b10-8-,44-42+. The summed E-state index contributed by atoms with van der Waals surface area (Å²) < 4.78 is 0. The highest BCUT2D eigenvalue weighted by atomic mass is 16.3. The van der Waals surface area contributed by atoms with E-state index in [4.69, 9.17) is 0 Å². The number of amides is 1. The minimum absolute atomic E-state index is 0.0742. The van der Waals surface area contributed by atoms with Crippen LogP contribution in [0, 0.1) is 0 Å². The molecule has 0 saturated carbocycles. The van der Waals surface area contributed by atoms with Crippen LogP contribution in [0.3, 0.4) is 0 Å². The Morgan fingerprint density at radius 1 is 0.434 bits per heavy atom. The van der Waals surface area contributed by atoms with Gasteiger partial charge in [0.1, 0.15) is 0 Å². The summed E-state index contributed by atoms with van der Waals surface area (Å²) in [4.78, 5) is 12.3. The third-order valence-electron chi connectivity index (χ3n) is 11.2. The minimum atomic E-state index is -0.839. The number of rotatable bonds is 44. The van der Waals surface area contributed by atoms with Gasteiger partial charge in [-0.2, -0.15) is 0 Å². The molecule has 1 amide bonds. The third-order valence-corrected chi connectivity index (χ3v) is 11.2. The average Bonchev–Trinajstić information content (AvgIpc) is 3.16. The van der Waals surface area contributed by atoms with Crippen molar-refractivity contribution in [3.05, 3.63) is 24.3 Å². The minimum Gasteiger partial charge on any atom is -0.394 e. The number of unbranched alkanes of at least 4 members (excludes halogenated alkanes) is 35. The second-order valence-corrected chi connectivity index (χ2v) is 16.5. The van der Waals surface area contributed by atoms with E-state index < -0.39 is 12.1 Å². The van der Waals surface area contributed by atoms with E-state index in [1.807, 2.05) is 6.08 Å². The zero-order chi connectivity index (χ0) is 38.6. The van der Waals surface area contributed by atoms with Crippen LogP contribution in [0.4, 0.5) is 0 Å². The second kappa shape index (κ2) is 45.3. The molecule has 0 aliphatic heterocycles. The number of hydrogen-bond donors (Lipinski definition) is 3. The van der Waals surface area contributed by atoms with Gasteiger partial charge in [0, 0.05) is 6.42 Å². The van der Waals surface area contributed by atoms with E-state index in [1.54, 1.807) is 6.08 Å².